The van der Waals surface area contributed by atoms with E-state index in [2.05, 4.69) is 0 Å². The van der Waals surface area contributed by atoms with E-state index in [0.717, 1.165) is 43.2 Å². The highest BCUT2D eigenvalue weighted by Gasteiger charge is 2.46. The highest BCUT2D eigenvalue weighted by molar-refractivity contribution is 6.02. The van der Waals surface area contributed by atoms with Crippen LogP contribution in [0, 0.1) is 0 Å². The van der Waals surface area contributed by atoms with Gasteiger partial charge in [-0.05, 0) is 62.1 Å². The van der Waals surface area contributed by atoms with Crippen LogP contribution in [0.25, 0.3) is 0 Å². The van der Waals surface area contributed by atoms with Crippen LogP contribution in [0.4, 0.5) is 5.69 Å². The van der Waals surface area contributed by atoms with E-state index in [9.17, 15) is 29.4 Å². The maximum Gasteiger partial charge on any atom is 0.323 e. The zero-order valence-corrected chi connectivity index (χ0v) is 20.9. The molecule has 2 aromatic carbocycles. The Morgan fingerprint density at radius 3 is 2.38 bits per heavy atom. The number of nitrogens with zero attached hydrogens (tertiary/aromatic N) is 2. The van der Waals surface area contributed by atoms with Crippen molar-refractivity contribution in [1.82, 2.24) is 4.90 Å². The first-order valence-corrected chi connectivity index (χ1v) is 13.0. The minimum Gasteiger partial charge on any atom is -0.481 e. The fourth-order valence-electron chi connectivity index (χ4n) is 6.20. The Morgan fingerprint density at radius 2 is 1.73 bits per heavy atom. The molecule has 2 atom stereocenters. The zero-order valence-electron chi connectivity index (χ0n) is 20.9. The van der Waals surface area contributed by atoms with Crippen molar-refractivity contribution >= 4 is 29.9 Å². The van der Waals surface area contributed by atoms with Crippen molar-refractivity contribution in [3.8, 4) is 0 Å². The van der Waals surface area contributed by atoms with Gasteiger partial charge in [0, 0.05) is 11.2 Å². The van der Waals surface area contributed by atoms with E-state index in [-0.39, 0.29) is 5.91 Å². The lowest BCUT2D eigenvalue weighted by Gasteiger charge is -2.44. The predicted molar refractivity (Wildman–Crippen MR) is 138 cm³/mol. The van der Waals surface area contributed by atoms with E-state index in [1.54, 1.807) is 17.0 Å². The van der Waals surface area contributed by atoms with E-state index in [4.69, 9.17) is 0 Å². The fourth-order valence-corrected chi connectivity index (χ4v) is 6.20. The monoisotopic (exact) mass is 506 g/mol. The molecule has 1 aliphatic heterocycles. The smallest absolute Gasteiger partial charge is 0.323 e. The topological polar surface area (TPSA) is 115 Å². The van der Waals surface area contributed by atoms with Crippen LogP contribution in [0.5, 0.6) is 0 Å². The SMILES string of the molecule is O=CN([C@@H]1CCc2ccccc2N(CC(=O)O)C1=O)C1(CCCC(C(=O)O)c2ccccc2)CCCC1. The summed E-state index contributed by atoms with van der Waals surface area (Å²) in [4.78, 5) is 53.0. The van der Waals surface area contributed by atoms with Crippen molar-refractivity contribution in [3.63, 3.8) is 0 Å². The van der Waals surface area contributed by atoms with E-state index in [1.807, 2.05) is 42.5 Å². The van der Waals surface area contributed by atoms with Gasteiger partial charge in [-0.1, -0.05) is 61.4 Å². The first kappa shape index (κ1) is 26.4. The summed E-state index contributed by atoms with van der Waals surface area (Å²) in [5.41, 5.74) is 1.67. The van der Waals surface area contributed by atoms with Gasteiger partial charge in [-0.2, -0.15) is 0 Å². The molecule has 2 amide bonds. The molecular formula is C29H34N2O6. The molecular weight excluding hydrogens is 472 g/mol. The van der Waals surface area contributed by atoms with Crippen molar-refractivity contribution in [2.75, 3.05) is 11.4 Å². The third kappa shape index (κ3) is 5.68. The summed E-state index contributed by atoms with van der Waals surface area (Å²) < 4.78 is 0. The lowest BCUT2D eigenvalue weighted by molar-refractivity contribution is -0.141. The highest BCUT2D eigenvalue weighted by atomic mass is 16.4. The standard InChI is InChI=1S/C29H34N2O6/c32-20-31(25-15-14-22-11-4-5-13-24(22)30(27(25)35)19-26(33)34)29(16-6-7-17-29)18-8-12-23(28(36)37)21-9-2-1-3-10-21/h1-5,9-11,13,20,23,25H,6-8,12,14-19H2,(H,33,34)(H,36,37)/t23?,25-/m1/s1. The number of amides is 2. The van der Waals surface area contributed by atoms with Crippen molar-refractivity contribution in [2.45, 2.75) is 75.3 Å². The summed E-state index contributed by atoms with van der Waals surface area (Å²) in [6.07, 6.45) is 6.67. The Hall–Kier alpha value is -3.68. The number of carboxylic acid groups (broad SMARTS) is 2. The van der Waals surface area contributed by atoms with Crippen LogP contribution in [0.1, 0.15) is 68.4 Å². The van der Waals surface area contributed by atoms with Crippen LogP contribution in [-0.4, -0.2) is 57.5 Å². The number of anilines is 1. The van der Waals surface area contributed by atoms with Crippen molar-refractivity contribution in [2.24, 2.45) is 0 Å². The van der Waals surface area contributed by atoms with Gasteiger partial charge in [0.15, 0.2) is 0 Å². The minimum atomic E-state index is -1.11. The quantitative estimate of drug-likeness (QED) is 0.441. The Balaban J connectivity index is 1.57. The fraction of sp³-hybridized carbons (Fsp3) is 0.448. The van der Waals surface area contributed by atoms with Crippen LogP contribution < -0.4 is 4.90 Å². The van der Waals surface area contributed by atoms with Gasteiger partial charge in [0.1, 0.15) is 12.6 Å². The summed E-state index contributed by atoms with van der Waals surface area (Å²) in [6, 6.07) is 15.7. The van der Waals surface area contributed by atoms with Crippen molar-refractivity contribution < 1.29 is 29.4 Å². The van der Waals surface area contributed by atoms with Crippen molar-refractivity contribution in [1.29, 1.82) is 0 Å². The average Bonchev–Trinajstić information content (AvgIpc) is 3.32. The molecule has 8 nitrogen and oxygen atoms in total. The molecule has 2 aliphatic rings. The molecule has 0 aromatic heterocycles. The molecule has 0 radical (unpaired) electrons. The number of carboxylic acids is 2. The summed E-state index contributed by atoms with van der Waals surface area (Å²) >= 11 is 0. The van der Waals surface area contributed by atoms with E-state index in [1.165, 1.54) is 4.90 Å². The Morgan fingerprint density at radius 1 is 1.05 bits per heavy atom. The summed E-state index contributed by atoms with van der Waals surface area (Å²) in [6.45, 7) is -0.469. The number of carbonyl (C=O) groups is 4. The molecule has 0 saturated heterocycles. The minimum absolute atomic E-state index is 0.376. The highest BCUT2D eigenvalue weighted by Crippen LogP contribution is 2.42. The number of hydrogen-bond acceptors (Lipinski definition) is 4. The second kappa shape index (κ2) is 11.6. The second-order valence-corrected chi connectivity index (χ2v) is 10.1. The van der Waals surface area contributed by atoms with Gasteiger partial charge in [-0.15, -0.1) is 0 Å². The molecule has 1 heterocycles. The zero-order chi connectivity index (χ0) is 26.4. The number of fused-ring (bicyclic) bond motifs is 1. The van der Waals surface area contributed by atoms with Gasteiger partial charge in [0.2, 0.25) is 12.3 Å². The molecule has 196 valence electrons. The van der Waals surface area contributed by atoms with E-state index in [0.29, 0.717) is 37.8 Å². The first-order valence-electron chi connectivity index (χ1n) is 13.0. The molecule has 0 spiro atoms. The van der Waals surface area contributed by atoms with Gasteiger partial charge in [0.25, 0.3) is 0 Å². The number of aliphatic carboxylic acids is 2. The Labute approximate surface area is 216 Å². The maximum absolute atomic E-state index is 13.8. The first-order chi connectivity index (χ1) is 17.9. The number of para-hydroxylation sites is 1. The second-order valence-electron chi connectivity index (χ2n) is 10.1. The van der Waals surface area contributed by atoms with Crippen molar-refractivity contribution in [3.05, 3.63) is 65.7 Å². The number of carbonyl (C=O) groups excluding carboxylic acids is 2. The third-order valence-corrected chi connectivity index (χ3v) is 7.98. The van der Waals surface area contributed by atoms with Crippen LogP contribution in [0.3, 0.4) is 0 Å². The molecule has 2 aromatic rings. The van der Waals surface area contributed by atoms with Gasteiger partial charge in [-0.25, -0.2) is 0 Å². The van der Waals surface area contributed by atoms with Crippen LogP contribution in [0.15, 0.2) is 54.6 Å². The van der Waals surface area contributed by atoms with E-state index >= 15 is 0 Å². The van der Waals surface area contributed by atoms with Crippen LogP contribution >= 0.6 is 0 Å². The lowest BCUT2D eigenvalue weighted by atomic mass is 9.84. The normalized spacial score (nSPS) is 19.5. The Kier molecular flexibility index (Phi) is 8.26. The molecule has 1 unspecified atom stereocenters. The lowest BCUT2D eigenvalue weighted by Crippen LogP contribution is -2.57. The molecule has 1 saturated carbocycles. The van der Waals surface area contributed by atoms with Gasteiger partial charge < -0.3 is 15.1 Å². The molecule has 37 heavy (non-hydrogen) atoms. The summed E-state index contributed by atoms with van der Waals surface area (Å²) in [5, 5.41) is 19.4. The van der Waals surface area contributed by atoms with Crippen LogP contribution in [0.2, 0.25) is 0 Å². The van der Waals surface area contributed by atoms with Gasteiger partial charge in [0.05, 0.1) is 5.92 Å². The summed E-state index contributed by atoms with van der Waals surface area (Å²) in [5.74, 6) is -3.00. The number of hydrogen-bond donors (Lipinski definition) is 2. The molecule has 4 rings (SSSR count). The largest absolute Gasteiger partial charge is 0.481 e. The number of aryl methyl sites for hydroxylation is 1. The Bertz CT molecular complexity index is 1130. The predicted octanol–water partition coefficient (Wildman–Crippen LogP) is 4.23. The summed E-state index contributed by atoms with van der Waals surface area (Å²) in [7, 11) is 0. The van der Waals surface area contributed by atoms with Gasteiger partial charge in [-0.3, -0.25) is 24.1 Å². The molecule has 2 N–H and O–H groups in total. The van der Waals surface area contributed by atoms with Gasteiger partial charge >= 0.3 is 11.9 Å². The average molecular weight is 507 g/mol. The van der Waals surface area contributed by atoms with E-state index < -0.39 is 36.0 Å². The number of rotatable bonds is 11. The number of benzene rings is 2. The third-order valence-electron chi connectivity index (χ3n) is 7.98. The molecule has 1 aliphatic carbocycles. The van der Waals surface area contributed by atoms with Crippen LogP contribution in [-0.2, 0) is 25.6 Å². The maximum atomic E-state index is 13.8. The molecule has 0 bridgehead atoms. The molecule has 1 fully saturated rings. The molecule has 8 heteroatoms.